The van der Waals surface area contributed by atoms with Crippen molar-refractivity contribution >= 4 is 39.3 Å². The average Bonchev–Trinajstić information content (AvgIpc) is 3.34. The second kappa shape index (κ2) is 10.9. The Hall–Kier alpha value is -3.84. The van der Waals surface area contributed by atoms with Crippen LogP contribution >= 0.6 is 11.3 Å². The number of carboxylic acids is 1. The smallest absolute Gasteiger partial charge is 0.330 e. The first-order valence-corrected chi connectivity index (χ1v) is 14.8. The molecule has 0 aromatic carbocycles. The van der Waals surface area contributed by atoms with Crippen molar-refractivity contribution < 1.29 is 24.2 Å². The van der Waals surface area contributed by atoms with E-state index in [-0.39, 0.29) is 24.8 Å². The number of nitrogens with one attached hydrogen (secondary N) is 1. The van der Waals surface area contributed by atoms with Crippen molar-refractivity contribution in [3.63, 3.8) is 0 Å². The first kappa shape index (κ1) is 27.3. The Morgan fingerprint density at radius 3 is 2.90 bits per heavy atom. The van der Waals surface area contributed by atoms with Gasteiger partial charge in [0.25, 0.3) is 0 Å². The number of hydrogen-bond acceptors (Lipinski definition) is 9. The molecule has 5 heterocycles. The first-order valence-electron chi connectivity index (χ1n) is 13.9. The van der Waals surface area contributed by atoms with Gasteiger partial charge in [0.15, 0.2) is 11.6 Å². The van der Waals surface area contributed by atoms with Crippen LogP contribution in [-0.4, -0.2) is 77.6 Å². The summed E-state index contributed by atoms with van der Waals surface area (Å²) in [6.45, 7) is 0.128. The van der Waals surface area contributed by atoms with Crippen molar-refractivity contribution in [1.29, 1.82) is 0 Å². The highest BCUT2D eigenvalue weighted by Crippen LogP contribution is 2.45. The number of amides is 2. The van der Waals surface area contributed by atoms with Crippen LogP contribution < -0.4 is 15.8 Å². The Morgan fingerprint density at radius 1 is 1.27 bits per heavy atom. The van der Waals surface area contributed by atoms with Gasteiger partial charge in [-0.1, -0.05) is 25.0 Å². The Morgan fingerprint density at radius 2 is 2.12 bits per heavy atom. The molecule has 1 aliphatic carbocycles. The van der Waals surface area contributed by atoms with Crippen LogP contribution in [0.2, 0.25) is 0 Å². The molecule has 41 heavy (non-hydrogen) atoms. The van der Waals surface area contributed by atoms with Gasteiger partial charge in [0, 0.05) is 31.8 Å². The molecule has 6 rings (SSSR count). The summed E-state index contributed by atoms with van der Waals surface area (Å²) in [5.74, 6) is -0.879. The number of imidazole rings is 1. The van der Waals surface area contributed by atoms with Crippen molar-refractivity contribution in [2.75, 3.05) is 6.54 Å². The van der Waals surface area contributed by atoms with Crippen LogP contribution in [-0.2, 0) is 21.4 Å². The number of nitrogens with zero attached hydrogens (tertiary/aromatic N) is 5. The lowest BCUT2D eigenvalue weighted by atomic mass is 10.1. The van der Waals surface area contributed by atoms with E-state index in [1.807, 2.05) is 35.2 Å². The summed E-state index contributed by atoms with van der Waals surface area (Å²) in [5.41, 5.74) is 5.66. The van der Waals surface area contributed by atoms with E-state index in [1.165, 1.54) is 16.2 Å². The predicted octanol–water partition coefficient (Wildman–Crippen LogP) is 2.25. The van der Waals surface area contributed by atoms with Gasteiger partial charge < -0.3 is 30.4 Å². The molecule has 3 aliphatic rings. The van der Waals surface area contributed by atoms with Crippen molar-refractivity contribution in [1.82, 2.24) is 29.7 Å². The van der Waals surface area contributed by atoms with E-state index < -0.39 is 35.6 Å². The maximum Gasteiger partial charge on any atom is 0.330 e. The second-order valence-electron chi connectivity index (χ2n) is 11.1. The Kier molecular flexibility index (Phi) is 7.24. The minimum Gasteiger partial charge on any atom is -0.479 e. The van der Waals surface area contributed by atoms with Gasteiger partial charge in [0.05, 0.1) is 18.1 Å². The van der Waals surface area contributed by atoms with Crippen LogP contribution in [0.3, 0.4) is 0 Å². The topological polar surface area (TPSA) is 166 Å². The van der Waals surface area contributed by atoms with Gasteiger partial charge in [-0.25, -0.2) is 14.8 Å². The highest BCUT2D eigenvalue weighted by atomic mass is 32.1. The van der Waals surface area contributed by atoms with E-state index in [2.05, 4.69) is 20.3 Å². The van der Waals surface area contributed by atoms with Gasteiger partial charge in [0.2, 0.25) is 17.7 Å². The fourth-order valence-electron chi connectivity index (χ4n) is 5.80. The van der Waals surface area contributed by atoms with Crippen molar-refractivity contribution in [3.8, 4) is 17.5 Å². The number of thiophene rings is 1. The standard InChI is InChI=1S/C28H33N7O5S/c1-34-11-10-30-23(34)22-31-19-9-12-41-21(19)25(32-22)40-17-13-20-24(36)33-28(27(38)39)14-16(28)7-5-3-2-4-6-8-18(29)26(37)35(20)15-17/h5,7,9-12,16-18,20H,2-4,6,8,13-15,29H2,1H3,(H,33,36)(H,38,39)/b7-5-/t16-,17-,18?,20+,28-/m1/s1. The van der Waals surface area contributed by atoms with Crippen LogP contribution in [0.15, 0.2) is 36.0 Å². The van der Waals surface area contributed by atoms with Gasteiger partial charge >= 0.3 is 5.97 Å². The maximum absolute atomic E-state index is 13.6. The molecule has 13 heteroatoms. The normalized spacial score (nSPS) is 29.7. The summed E-state index contributed by atoms with van der Waals surface area (Å²) in [7, 11) is 1.85. The highest BCUT2D eigenvalue weighted by molar-refractivity contribution is 7.17. The zero-order valence-electron chi connectivity index (χ0n) is 22.7. The molecule has 216 valence electrons. The Bertz CT molecular complexity index is 1520. The molecule has 2 fully saturated rings. The monoisotopic (exact) mass is 579 g/mol. The molecule has 0 radical (unpaired) electrons. The third kappa shape index (κ3) is 5.19. The number of aliphatic carboxylic acids is 1. The number of aromatic nitrogens is 4. The van der Waals surface area contributed by atoms with Gasteiger partial charge in [-0.3, -0.25) is 9.59 Å². The van der Waals surface area contributed by atoms with E-state index >= 15 is 0 Å². The zero-order valence-corrected chi connectivity index (χ0v) is 23.5. The number of aryl methyl sites for hydroxylation is 1. The Labute approximate surface area is 240 Å². The van der Waals surface area contributed by atoms with E-state index in [0.29, 0.717) is 35.9 Å². The molecular weight excluding hydrogens is 546 g/mol. The summed E-state index contributed by atoms with van der Waals surface area (Å²) < 4.78 is 8.95. The maximum atomic E-state index is 13.6. The molecule has 3 aromatic rings. The number of allylic oxidation sites excluding steroid dienone is 1. The molecule has 3 aromatic heterocycles. The lowest BCUT2D eigenvalue weighted by Crippen LogP contribution is -2.55. The second-order valence-corrected chi connectivity index (χ2v) is 12.0. The Balaban J connectivity index is 1.29. The number of nitrogens with two attached hydrogens (primary N) is 1. The number of carbonyl (C=O) groups is 3. The summed E-state index contributed by atoms with van der Waals surface area (Å²) in [4.78, 5) is 54.5. The minimum atomic E-state index is -1.36. The van der Waals surface area contributed by atoms with Gasteiger partial charge in [-0.2, -0.15) is 4.98 Å². The molecule has 0 bridgehead atoms. The van der Waals surface area contributed by atoms with Crippen LogP contribution in [0.5, 0.6) is 5.88 Å². The van der Waals surface area contributed by atoms with E-state index in [0.717, 1.165) is 30.4 Å². The molecule has 0 spiro atoms. The lowest BCUT2D eigenvalue weighted by Gasteiger charge is -2.27. The van der Waals surface area contributed by atoms with Crippen molar-refractivity contribution in [2.45, 2.75) is 68.7 Å². The van der Waals surface area contributed by atoms with E-state index in [9.17, 15) is 19.5 Å². The fourth-order valence-corrected chi connectivity index (χ4v) is 6.56. The summed E-state index contributed by atoms with van der Waals surface area (Å²) >= 11 is 1.44. The van der Waals surface area contributed by atoms with Crippen LogP contribution in [0, 0.1) is 5.92 Å². The molecule has 2 amide bonds. The fraction of sp³-hybridized carbons (Fsp3) is 0.500. The molecule has 5 atom stereocenters. The number of hydrogen-bond donors (Lipinski definition) is 3. The number of ether oxygens (including phenoxy) is 1. The van der Waals surface area contributed by atoms with Crippen LogP contribution in [0.25, 0.3) is 21.9 Å². The molecule has 2 aliphatic heterocycles. The van der Waals surface area contributed by atoms with Crippen molar-refractivity contribution in [3.05, 3.63) is 36.0 Å². The molecule has 1 saturated carbocycles. The van der Waals surface area contributed by atoms with Crippen LogP contribution in [0.4, 0.5) is 0 Å². The van der Waals surface area contributed by atoms with Gasteiger partial charge in [-0.05, 0) is 37.1 Å². The SMILES string of the molecule is Cn1ccnc1-c1nc(O[C@@H]2C[C@H]3C(=O)N[C@]4(C(=O)O)C[C@H]4/C=C\CCCCCC(N)C(=O)N3C2)c2sccc2n1. The van der Waals surface area contributed by atoms with Crippen LogP contribution in [0.1, 0.15) is 44.9 Å². The number of fused-ring (bicyclic) bond motifs is 3. The molecule has 1 unspecified atom stereocenters. The summed E-state index contributed by atoms with van der Waals surface area (Å²) in [6.07, 6.45) is 11.2. The molecule has 1 saturated heterocycles. The molecular formula is C28H33N7O5S. The largest absolute Gasteiger partial charge is 0.479 e. The minimum absolute atomic E-state index is 0.128. The average molecular weight is 580 g/mol. The summed E-state index contributed by atoms with van der Waals surface area (Å²) in [5, 5.41) is 14.7. The summed E-state index contributed by atoms with van der Waals surface area (Å²) in [6, 6.07) is 0.200. The van der Waals surface area contributed by atoms with E-state index in [1.54, 1.807) is 12.4 Å². The number of carbonyl (C=O) groups excluding carboxylic acids is 2. The third-order valence-electron chi connectivity index (χ3n) is 8.23. The quantitative estimate of drug-likeness (QED) is 0.393. The number of rotatable bonds is 4. The third-order valence-corrected chi connectivity index (χ3v) is 9.13. The highest BCUT2D eigenvalue weighted by Gasteiger charge is 2.61. The molecule has 12 nitrogen and oxygen atoms in total. The van der Waals surface area contributed by atoms with E-state index in [4.69, 9.17) is 10.5 Å². The van der Waals surface area contributed by atoms with Crippen molar-refractivity contribution in [2.24, 2.45) is 18.7 Å². The predicted molar refractivity (Wildman–Crippen MR) is 151 cm³/mol. The first-order chi connectivity index (χ1) is 19.8. The van der Waals surface area contributed by atoms with Gasteiger partial charge in [0.1, 0.15) is 22.4 Å². The molecule has 4 N–H and O–H groups in total. The van der Waals surface area contributed by atoms with Gasteiger partial charge in [-0.15, -0.1) is 11.3 Å². The lowest BCUT2D eigenvalue weighted by molar-refractivity contribution is -0.145. The number of carboxylic acid groups (broad SMARTS) is 1. The zero-order chi connectivity index (χ0) is 28.7.